The topological polar surface area (TPSA) is 79.8 Å². The van der Waals surface area contributed by atoms with Gasteiger partial charge in [0.05, 0.1) is 16.8 Å². The Kier molecular flexibility index (Phi) is 4.03. The quantitative estimate of drug-likeness (QED) is 0.865. The van der Waals surface area contributed by atoms with Crippen LogP contribution in [0.2, 0.25) is 0 Å². The van der Waals surface area contributed by atoms with Crippen molar-refractivity contribution in [2.24, 2.45) is 5.73 Å². The predicted octanol–water partition coefficient (Wildman–Crippen LogP) is 2.25. The third kappa shape index (κ3) is 3.04. The fourth-order valence-electron chi connectivity index (χ4n) is 1.76. The van der Waals surface area contributed by atoms with Crippen LogP contribution in [0.1, 0.15) is 18.1 Å². The number of fused-ring (bicyclic) bond motifs is 1. The van der Waals surface area contributed by atoms with Crippen molar-refractivity contribution in [1.29, 1.82) is 5.26 Å². The van der Waals surface area contributed by atoms with Gasteiger partial charge in [0.25, 0.3) is 0 Å². The number of nitriles is 1. The van der Waals surface area contributed by atoms with Crippen molar-refractivity contribution in [3.05, 3.63) is 35.4 Å². The summed E-state index contributed by atoms with van der Waals surface area (Å²) >= 11 is 1.20. The molecule has 2 N–H and O–H groups in total. The molecule has 0 fully saturated rings. The van der Waals surface area contributed by atoms with Gasteiger partial charge >= 0.3 is 0 Å². The average Bonchev–Trinajstić information content (AvgIpc) is 2.43. The van der Waals surface area contributed by atoms with Crippen LogP contribution in [-0.4, -0.2) is 16.6 Å². The molecule has 0 aliphatic rings. The molecule has 0 aliphatic heterocycles. The predicted molar refractivity (Wildman–Crippen MR) is 75.8 cm³/mol. The van der Waals surface area contributed by atoms with Crippen LogP contribution in [0.3, 0.4) is 0 Å². The number of rotatable bonds is 4. The number of aromatic nitrogens is 1. The maximum Gasteiger partial charge on any atom is 0.227 e. The zero-order valence-corrected chi connectivity index (χ0v) is 11.3. The minimum atomic E-state index is -0.419. The van der Waals surface area contributed by atoms with Crippen molar-refractivity contribution in [2.45, 2.75) is 18.4 Å². The molecular formula is C14H13N3OS. The van der Waals surface area contributed by atoms with Crippen LogP contribution in [0, 0.1) is 11.3 Å². The molecule has 0 saturated heterocycles. The lowest BCUT2D eigenvalue weighted by Gasteiger charge is -2.06. The Morgan fingerprint density at radius 1 is 1.47 bits per heavy atom. The van der Waals surface area contributed by atoms with Crippen LogP contribution in [0.5, 0.6) is 0 Å². The molecule has 0 bridgehead atoms. The van der Waals surface area contributed by atoms with Gasteiger partial charge in [-0.1, -0.05) is 24.8 Å². The number of hydrogen-bond donors (Lipinski definition) is 1. The molecule has 1 aromatic carbocycles. The molecule has 2 aromatic rings. The van der Waals surface area contributed by atoms with E-state index in [9.17, 15) is 4.79 Å². The van der Waals surface area contributed by atoms with Gasteiger partial charge in [-0.25, -0.2) is 4.98 Å². The second kappa shape index (κ2) is 5.72. The normalized spacial score (nSPS) is 10.3. The molecule has 4 nitrogen and oxygen atoms in total. The summed E-state index contributed by atoms with van der Waals surface area (Å²) in [5, 5.41) is 10.6. The summed E-state index contributed by atoms with van der Waals surface area (Å²) in [6.07, 6.45) is 0.940. The number of primary amides is 1. The van der Waals surface area contributed by atoms with Crippen molar-refractivity contribution in [1.82, 2.24) is 4.98 Å². The minimum Gasteiger partial charge on any atom is -0.369 e. The number of aryl methyl sites for hydroxylation is 1. The molecule has 19 heavy (non-hydrogen) atoms. The number of hydrogen-bond acceptors (Lipinski definition) is 4. The fraction of sp³-hybridized carbons (Fsp3) is 0.214. The van der Waals surface area contributed by atoms with E-state index in [1.807, 2.05) is 24.3 Å². The van der Waals surface area contributed by atoms with E-state index < -0.39 is 5.91 Å². The lowest BCUT2D eigenvalue weighted by molar-refractivity contribution is -0.115. The molecule has 0 atom stereocenters. The van der Waals surface area contributed by atoms with Gasteiger partial charge in [0, 0.05) is 5.39 Å². The number of nitrogens with two attached hydrogens (primary N) is 1. The number of thioether (sulfide) groups is 1. The smallest absolute Gasteiger partial charge is 0.227 e. The summed E-state index contributed by atoms with van der Waals surface area (Å²) in [4.78, 5) is 15.2. The zero-order valence-electron chi connectivity index (χ0n) is 10.5. The number of pyridine rings is 1. The Labute approximate surface area is 115 Å². The summed E-state index contributed by atoms with van der Waals surface area (Å²) in [7, 11) is 0. The van der Waals surface area contributed by atoms with E-state index in [1.165, 1.54) is 17.3 Å². The first-order chi connectivity index (χ1) is 9.13. The summed E-state index contributed by atoms with van der Waals surface area (Å²) in [5.41, 5.74) is 7.62. The standard InChI is InChI=1S/C14H13N3OS/c1-2-9-3-4-12-10(5-9)6-11(7-15)14(17-12)19-8-13(16)18/h3-6H,2,8H2,1H3,(H2,16,18). The molecule has 1 aromatic heterocycles. The fourth-order valence-corrected chi connectivity index (χ4v) is 2.46. The van der Waals surface area contributed by atoms with E-state index in [0.717, 1.165) is 17.3 Å². The van der Waals surface area contributed by atoms with Crippen LogP contribution >= 0.6 is 11.8 Å². The molecule has 96 valence electrons. The van der Waals surface area contributed by atoms with Crippen LogP contribution < -0.4 is 5.73 Å². The number of amides is 1. The van der Waals surface area contributed by atoms with Gasteiger partial charge < -0.3 is 5.73 Å². The van der Waals surface area contributed by atoms with E-state index >= 15 is 0 Å². The SMILES string of the molecule is CCc1ccc2nc(SCC(N)=O)c(C#N)cc2c1. The van der Waals surface area contributed by atoms with Crippen molar-refractivity contribution in [3.63, 3.8) is 0 Å². The third-order valence-electron chi connectivity index (χ3n) is 2.72. The number of benzene rings is 1. The summed E-state index contributed by atoms with van der Waals surface area (Å²) in [6.45, 7) is 2.08. The molecule has 0 radical (unpaired) electrons. The Morgan fingerprint density at radius 3 is 2.89 bits per heavy atom. The highest BCUT2D eigenvalue weighted by Crippen LogP contribution is 2.25. The molecule has 2 rings (SSSR count). The number of carbonyl (C=O) groups excluding carboxylic acids is 1. The van der Waals surface area contributed by atoms with Gasteiger partial charge in [-0.2, -0.15) is 5.26 Å². The summed E-state index contributed by atoms with van der Waals surface area (Å²) in [5.74, 6) is -0.294. The summed E-state index contributed by atoms with van der Waals surface area (Å²) < 4.78 is 0. The maximum absolute atomic E-state index is 10.8. The maximum atomic E-state index is 10.8. The molecule has 0 saturated carbocycles. The molecule has 0 aliphatic carbocycles. The highest BCUT2D eigenvalue weighted by molar-refractivity contribution is 8.00. The number of carbonyl (C=O) groups is 1. The van der Waals surface area contributed by atoms with E-state index in [-0.39, 0.29) is 5.75 Å². The first-order valence-electron chi connectivity index (χ1n) is 5.89. The molecule has 1 heterocycles. The van der Waals surface area contributed by atoms with Gasteiger partial charge in [0.15, 0.2) is 0 Å². The molecule has 5 heteroatoms. The van der Waals surface area contributed by atoms with Gasteiger partial charge in [-0.15, -0.1) is 0 Å². The van der Waals surface area contributed by atoms with Crippen molar-refractivity contribution in [2.75, 3.05) is 5.75 Å². The Hall–Kier alpha value is -2.06. The van der Waals surface area contributed by atoms with Crippen molar-refractivity contribution in [3.8, 4) is 6.07 Å². The van der Waals surface area contributed by atoms with Gasteiger partial charge in [-0.3, -0.25) is 4.79 Å². The Balaban J connectivity index is 2.48. The molecule has 0 spiro atoms. The minimum absolute atomic E-state index is 0.125. The van der Waals surface area contributed by atoms with E-state index in [0.29, 0.717) is 10.6 Å². The zero-order chi connectivity index (χ0) is 13.8. The van der Waals surface area contributed by atoms with Crippen molar-refractivity contribution < 1.29 is 4.79 Å². The van der Waals surface area contributed by atoms with Crippen LogP contribution in [-0.2, 0) is 11.2 Å². The summed E-state index contributed by atoms with van der Waals surface area (Å²) in [6, 6.07) is 9.91. The molecule has 0 unspecified atom stereocenters. The molecule has 1 amide bonds. The largest absolute Gasteiger partial charge is 0.369 e. The van der Waals surface area contributed by atoms with Crippen LogP contribution in [0.4, 0.5) is 0 Å². The van der Waals surface area contributed by atoms with Crippen molar-refractivity contribution >= 4 is 28.6 Å². The molecular weight excluding hydrogens is 258 g/mol. The first-order valence-corrected chi connectivity index (χ1v) is 6.87. The second-order valence-electron chi connectivity index (χ2n) is 4.09. The van der Waals surface area contributed by atoms with Gasteiger partial charge in [0.1, 0.15) is 11.1 Å². The second-order valence-corrected chi connectivity index (χ2v) is 5.05. The third-order valence-corrected chi connectivity index (χ3v) is 3.74. The van der Waals surface area contributed by atoms with Crippen LogP contribution in [0.25, 0.3) is 10.9 Å². The highest BCUT2D eigenvalue weighted by atomic mass is 32.2. The van der Waals surface area contributed by atoms with E-state index in [1.54, 1.807) is 0 Å². The van der Waals surface area contributed by atoms with E-state index in [4.69, 9.17) is 11.0 Å². The highest BCUT2D eigenvalue weighted by Gasteiger charge is 2.09. The van der Waals surface area contributed by atoms with Gasteiger partial charge in [-0.05, 0) is 30.2 Å². The number of nitrogens with zero attached hydrogens (tertiary/aromatic N) is 2. The van der Waals surface area contributed by atoms with E-state index in [2.05, 4.69) is 18.0 Å². The lowest BCUT2D eigenvalue weighted by atomic mass is 10.1. The monoisotopic (exact) mass is 271 g/mol. The van der Waals surface area contributed by atoms with Gasteiger partial charge in [0.2, 0.25) is 5.91 Å². The first kappa shape index (κ1) is 13.4. The Morgan fingerprint density at radius 2 is 2.26 bits per heavy atom. The van der Waals surface area contributed by atoms with Crippen LogP contribution in [0.15, 0.2) is 29.3 Å². The average molecular weight is 271 g/mol. The Bertz CT molecular complexity index is 676. The lowest BCUT2D eigenvalue weighted by Crippen LogP contribution is -2.13.